The van der Waals surface area contributed by atoms with Crippen molar-refractivity contribution in [3.8, 4) is 0 Å². The first-order chi connectivity index (χ1) is 8.06. The van der Waals surface area contributed by atoms with E-state index >= 15 is 0 Å². The van der Waals surface area contributed by atoms with Gasteiger partial charge in [0.25, 0.3) is 0 Å². The molecule has 2 aromatic rings. The normalized spacial score (nSPS) is 10.6. The van der Waals surface area contributed by atoms with Crippen LogP contribution in [-0.4, -0.2) is 33.7 Å². The molecular weight excluding hydrogens is 377 g/mol. The van der Waals surface area contributed by atoms with E-state index in [0.29, 0.717) is 0 Å². The SMILES string of the molecule is Clc1cc(Cc2ccc([AsH2])c(Cl)c2)ccc1[AsH2]. The quantitative estimate of drug-likeness (QED) is 0.676. The van der Waals surface area contributed by atoms with Crippen molar-refractivity contribution in [1.82, 2.24) is 0 Å². The fourth-order valence-electron chi connectivity index (χ4n) is 1.60. The summed E-state index contributed by atoms with van der Waals surface area (Å²) in [5.41, 5.74) is 2.45. The van der Waals surface area contributed by atoms with Crippen LogP contribution in [0.3, 0.4) is 0 Å². The molecule has 0 amide bonds. The van der Waals surface area contributed by atoms with Crippen molar-refractivity contribution in [2.24, 2.45) is 0 Å². The molecule has 0 fully saturated rings. The van der Waals surface area contributed by atoms with Crippen LogP contribution in [0.25, 0.3) is 0 Å². The third kappa shape index (κ3) is 3.55. The summed E-state index contributed by atoms with van der Waals surface area (Å²) >= 11 is 15.4. The standard InChI is InChI=1S/C13H12As2Cl2/c14-10-3-1-8(6-12(10)16)5-9-2-4-11(15)13(17)7-9/h1-4,6-7H,5,14-15H2. The Balaban J connectivity index is 2.25. The van der Waals surface area contributed by atoms with Crippen molar-refractivity contribution in [2.45, 2.75) is 6.42 Å². The summed E-state index contributed by atoms with van der Waals surface area (Å²) < 4.78 is 2.35. The molecule has 2 unspecified atom stereocenters. The molecule has 0 saturated heterocycles. The molecule has 0 heterocycles. The second-order valence-corrected chi connectivity index (χ2v) is 7.31. The molecule has 0 N–H and O–H groups in total. The second kappa shape index (κ2) is 5.85. The Labute approximate surface area is 129 Å². The zero-order valence-electron chi connectivity index (χ0n) is 9.08. The van der Waals surface area contributed by atoms with Crippen LogP contribution in [0.15, 0.2) is 36.4 Å². The number of hydrogen-bond donors (Lipinski definition) is 0. The Kier molecular flexibility index (Phi) is 4.67. The fourth-order valence-corrected chi connectivity index (χ4v) is 2.76. The first kappa shape index (κ1) is 13.6. The van der Waals surface area contributed by atoms with Gasteiger partial charge in [-0.2, -0.15) is 0 Å². The van der Waals surface area contributed by atoms with E-state index in [9.17, 15) is 0 Å². The molecular formula is C13H12As2Cl2. The molecule has 0 radical (unpaired) electrons. The molecule has 0 aromatic heterocycles. The molecule has 0 aliphatic carbocycles. The van der Waals surface area contributed by atoms with Crippen LogP contribution in [0.2, 0.25) is 10.0 Å². The minimum absolute atomic E-state index is 0.851. The van der Waals surface area contributed by atoms with Crippen LogP contribution < -0.4 is 8.70 Å². The van der Waals surface area contributed by atoms with Gasteiger partial charge in [0, 0.05) is 0 Å². The Morgan fingerprint density at radius 1 is 0.765 bits per heavy atom. The first-order valence-electron chi connectivity index (χ1n) is 5.14. The summed E-state index contributed by atoms with van der Waals surface area (Å²) in [5, 5.41) is 1.70. The van der Waals surface area contributed by atoms with E-state index < -0.39 is 0 Å². The van der Waals surface area contributed by atoms with Gasteiger partial charge in [0.15, 0.2) is 0 Å². The summed E-state index contributed by atoms with van der Waals surface area (Å²) in [6.45, 7) is 0. The molecule has 0 saturated carbocycles. The van der Waals surface area contributed by atoms with Gasteiger partial charge >= 0.3 is 130 Å². The minimum atomic E-state index is 0.851. The van der Waals surface area contributed by atoms with Crippen LogP contribution in [0.4, 0.5) is 0 Å². The molecule has 0 aliphatic rings. The van der Waals surface area contributed by atoms with E-state index in [1.165, 1.54) is 19.8 Å². The molecule has 0 aliphatic heterocycles. The van der Waals surface area contributed by atoms with Crippen LogP contribution >= 0.6 is 23.2 Å². The Morgan fingerprint density at radius 3 is 1.53 bits per heavy atom. The molecule has 4 heteroatoms. The van der Waals surface area contributed by atoms with Gasteiger partial charge in [0.2, 0.25) is 0 Å². The fraction of sp³-hybridized carbons (Fsp3) is 0.0769. The Hall–Kier alpha value is 0.137. The average Bonchev–Trinajstić information content (AvgIpc) is 2.29. The second-order valence-electron chi connectivity index (χ2n) is 3.89. The van der Waals surface area contributed by atoms with Crippen LogP contribution in [-0.2, 0) is 6.42 Å². The van der Waals surface area contributed by atoms with Gasteiger partial charge < -0.3 is 0 Å². The molecule has 0 nitrogen and oxygen atoms in total. The Morgan fingerprint density at radius 2 is 1.18 bits per heavy atom. The van der Waals surface area contributed by atoms with Crippen molar-refractivity contribution in [3.63, 3.8) is 0 Å². The molecule has 17 heavy (non-hydrogen) atoms. The first-order valence-corrected chi connectivity index (χ1v) is 8.32. The molecule has 0 bridgehead atoms. The molecule has 2 rings (SSSR count). The van der Waals surface area contributed by atoms with Gasteiger partial charge in [-0.1, -0.05) is 0 Å². The molecule has 0 spiro atoms. The number of hydrogen-bond acceptors (Lipinski definition) is 0. The summed E-state index contributed by atoms with van der Waals surface area (Å²) in [4.78, 5) is 0. The number of halogens is 2. The van der Waals surface area contributed by atoms with Gasteiger partial charge in [-0.05, 0) is 0 Å². The van der Waals surface area contributed by atoms with Crippen LogP contribution in [0, 0.1) is 0 Å². The summed E-state index contributed by atoms with van der Waals surface area (Å²) in [5.74, 6) is 0. The van der Waals surface area contributed by atoms with Gasteiger partial charge in [-0.3, -0.25) is 0 Å². The van der Waals surface area contributed by atoms with Crippen LogP contribution in [0.1, 0.15) is 11.1 Å². The summed E-state index contributed by atoms with van der Waals surface area (Å²) in [7, 11) is 0. The zero-order valence-corrected chi connectivity index (χ0v) is 15.4. The van der Waals surface area contributed by atoms with Gasteiger partial charge in [0.05, 0.1) is 0 Å². The molecule has 2 aromatic carbocycles. The van der Waals surface area contributed by atoms with Crippen molar-refractivity contribution in [2.75, 3.05) is 0 Å². The van der Waals surface area contributed by atoms with E-state index in [2.05, 4.69) is 24.3 Å². The monoisotopic (exact) mass is 388 g/mol. The van der Waals surface area contributed by atoms with E-state index in [1.807, 2.05) is 12.1 Å². The third-order valence-electron chi connectivity index (χ3n) is 2.54. The van der Waals surface area contributed by atoms with Gasteiger partial charge in [-0.15, -0.1) is 0 Å². The number of rotatable bonds is 2. The predicted molar refractivity (Wildman–Crippen MR) is 82.1 cm³/mol. The topological polar surface area (TPSA) is 0 Å². The van der Waals surface area contributed by atoms with Crippen molar-refractivity contribution >= 4 is 65.6 Å². The van der Waals surface area contributed by atoms with Gasteiger partial charge in [0.1, 0.15) is 0 Å². The maximum absolute atomic E-state index is 6.13. The predicted octanol–water partition coefficient (Wildman–Crippen LogP) is 1.10. The van der Waals surface area contributed by atoms with E-state index in [1.54, 1.807) is 33.7 Å². The average molecular weight is 389 g/mol. The Bertz CT molecular complexity index is 504. The van der Waals surface area contributed by atoms with Gasteiger partial charge in [-0.25, -0.2) is 0 Å². The van der Waals surface area contributed by atoms with Crippen molar-refractivity contribution in [1.29, 1.82) is 0 Å². The summed E-state index contributed by atoms with van der Waals surface area (Å²) in [6, 6.07) is 12.5. The molecule has 2 atom stereocenters. The zero-order chi connectivity index (χ0) is 12.4. The third-order valence-corrected chi connectivity index (χ3v) is 6.07. The van der Waals surface area contributed by atoms with E-state index in [0.717, 1.165) is 16.5 Å². The molecule has 88 valence electrons. The van der Waals surface area contributed by atoms with Crippen molar-refractivity contribution in [3.05, 3.63) is 57.6 Å². The van der Waals surface area contributed by atoms with Crippen LogP contribution in [0.5, 0.6) is 0 Å². The van der Waals surface area contributed by atoms with E-state index in [-0.39, 0.29) is 0 Å². The summed E-state index contributed by atoms with van der Waals surface area (Å²) in [6.07, 6.45) is 0.875. The van der Waals surface area contributed by atoms with E-state index in [4.69, 9.17) is 23.2 Å². The number of benzene rings is 2. The maximum atomic E-state index is 6.13. The van der Waals surface area contributed by atoms with Crippen molar-refractivity contribution < 1.29 is 0 Å².